The summed E-state index contributed by atoms with van der Waals surface area (Å²) in [6, 6.07) is 10.1. The topological polar surface area (TPSA) is 61.4 Å². The third-order valence-electron chi connectivity index (χ3n) is 6.86. The van der Waals surface area contributed by atoms with Crippen LogP contribution in [-0.4, -0.2) is 43.4 Å². The molecule has 2 N–H and O–H groups in total. The van der Waals surface area contributed by atoms with Gasteiger partial charge in [0, 0.05) is 6.04 Å². The zero-order chi connectivity index (χ0) is 28.3. The number of benzene rings is 2. The zero-order valence-electron chi connectivity index (χ0n) is 21.3. The van der Waals surface area contributed by atoms with Crippen molar-refractivity contribution in [3.8, 4) is 0 Å². The molecule has 0 aliphatic heterocycles. The lowest BCUT2D eigenvalue weighted by atomic mass is 9.74. The predicted octanol–water partition coefficient (Wildman–Crippen LogP) is 5.46. The van der Waals surface area contributed by atoms with Gasteiger partial charge in [0.05, 0.1) is 29.1 Å². The fraction of sp³-hybridized carbons (Fsp3) is 0.481. The van der Waals surface area contributed by atoms with Crippen LogP contribution in [0.15, 0.2) is 48.5 Å². The van der Waals surface area contributed by atoms with Gasteiger partial charge in [0.15, 0.2) is 0 Å². The summed E-state index contributed by atoms with van der Waals surface area (Å²) < 4.78 is 80.1. The van der Waals surface area contributed by atoms with E-state index in [2.05, 4.69) is 10.6 Å². The summed E-state index contributed by atoms with van der Waals surface area (Å²) in [6.07, 6.45) is -8.09. The molecule has 0 saturated heterocycles. The van der Waals surface area contributed by atoms with Crippen LogP contribution in [0.1, 0.15) is 60.8 Å². The Morgan fingerprint density at radius 3 is 1.95 bits per heavy atom. The molecule has 1 aliphatic carbocycles. The van der Waals surface area contributed by atoms with Crippen LogP contribution >= 0.6 is 0 Å². The molecule has 1 fully saturated rings. The normalized spacial score (nSPS) is 21.2. The molecule has 2 aromatic carbocycles. The maximum atomic E-state index is 13.4. The number of hydrogen-bond donors (Lipinski definition) is 2. The Balaban J connectivity index is 1.86. The van der Waals surface area contributed by atoms with Crippen molar-refractivity contribution in [2.24, 2.45) is 0 Å². The van der Waals surface area contributed by atoms with Crippen molar-refractivity contribution < 1.29 is 35.9 Å². The minimum atomic E-state index is -5.01. The Hall–Kier alpha value is -3.08. The SMILES string of the molecule is C[C@H](C(=O)NC1(c2ccccc2)CCC(NC(=O)CN(C)C)CC1)c1cc(C(F)(F)F)cc(C(F)(F)F)c1. The highest BCUT2D eigenvalue weighted by molar-refractivity contribution is 5.84. The van der Waals surface area contributed by atoms with Crippen LogP contribution in [0.3, 0.4) is 0 Å². The van der Waals surface area contributed by atoms with E-state index in [4.69, 9.17) is 0 Å². The lowest BCUT2D eigenvalue weighted by Crippen LogP contribution is -2.52. The maximum Gasteiger partial charge on any atom is 0.416 e. The van der Waals surface area contributed by atoms with Crippen LogP contribution in [0.5, 0.6) is 0 Å². The second kappa shape index (κ2) is 11.3. The molecular weight excluding hydrogens is 512 g/mol. The second-order valence-corrected chi connectivity index (χ2v) is 10.1. The van der Waals surface area contributed by atoms with Crippen molar-refractivity contribution in [2.75, 3.05) is 20.6 Å². The van der Waals surface area contributed by atoms with Crippen molar-refractivity contribution >= 4 is 11.8 Å². The molecule has 38 heavy (non-hydrogen) atoms. The number of carbonyl (C=O) groups is 2. The molecule has 2 amide bonds. The number of likely N-dealkylation sites (N-methyl/N-ethyl adjacent to an activating group) is 1. The van der Waals surface area contributed by atoms with E-state index < -0.39 is 40.8 Å². The Labute approximate surface area is 217 Å². The summed E-state index contributed by atoms with van der Waals surface area (Å²) >= 11 is 0. The first-order valence-corrected chi connectivity index (χ1v) is 12.2. The Bertz CT molecular complexity index is 1090. The molecule has 2 aromatic rings. The van der Waals surface area contributed by atoms with E-state index in [0.717, 1.165) is 5.56 Å². The minimum Gasteiger partial charge on any atom is -0.352 e. The van der Waals surface area contributed by atoms with Crippen LogP contribution in [0.25, 0.3) is 0 Å². The van der Waals surface area contributed by atoms with Crippen LogP contribution in [-0.2, 0) is 27.5 Å². The molecule has 0 unspecified atom stereocenters. The number of nitrogens with one attached hydrogen (secondary N) is 2. The van der Waals surface area contributed by atoms with Gasteiger partial charge < -0.3 is 15.5 Å². The molecule has 3 rings (SSSR count). The van der Waals surface area contributed by atoms with Gasteiger partial charge in [0.1, 0.15) is 0 Å². The summed E-state index contributed by atoms with van der Waals surface area (Å²) in [5.74, 6) is -2.09. The van der Waals surface area contributed by atoms with Gasteiger partial charge in [0.2, 0.25) is 11.8 Å². The van der Waals surface area contributed by atoms with Gasteiger partial charge in [-0.3, -0.25) is 9.59 Å². The standard InChI is InChI=1S/C27H31F6N3O2/c1-17(18-13-20(26(28,29)30)15-21(14-18)27(31,32)33)24(38)35-25(19-7-5-4-6-8-19)11-9-22(10-12-25)34-23(37)16-36(2)3/h4-8,13-15,17,22H,9-12,16H2,1-3H3,(H,34,37)(H,35,38)/t17-,22?,25?/m0/s1. The van der Waals surface area contributed by atoms with E-state index in [1.165, 1.54) is 6.92 Å². The van der Waals surface area contributed by atoms with Crippen LogP contribution in [0.2, 0.25) is 0 Å². The third kappa shape index (κ3) is 7.27. The van der Waals surface area contributed by atoms with Crippen molar-refractivity contribution in [1.82, 2.24) is 15.5 Å². The Kier molecular flexibility index (Phi) is 8.80. The van der Waals surface area contributed by atoms with Crippen molar-refractivity contribution in [3.63, 3.8) is 0 Å². The fourth-order valence-electron chi connectivity index (χ4n) is 4.78. The van der Waals surface area contributed by atoms with Crippen LogP contribution in [0, 0.1) is 0 Å². The average molecular weight is 544 g/mol. The van der Waals surface area contributed by atoms with Gasteiger partial charge in [-0.1, -0.05) is 30.3 Å². The van der Waals surface area contributed by atoms with Gasteiger partial charge >= 0.3 is 12.4 Å². The van der Waals surface area contributed by atoms with E-state index in [-0.39, 0.29) is 30.1 Å². The zero-order valence-corrected chi connectivity index (χ0v) is 21.3. The molecular formula is C27H31F6N3O2. The molecule has 0 spiro atoms. The Morgan fingerprint density at radius 2 is 1.47 bits per heavy atom. The van der Waals surface area contributed by atoms with Crippen molar-refractivity contribution in [2.45, 2.75) is 62.5 Å². The molecule has 0 bridgehead atoms. The van der Waals surface area contributed by atoms with Crippen molar-refractivity contribution in [3.05, 3.63) is 70.8 Å². The monoisotopic (exact) mass is 543 g/mol. The molecule has 0 aromatic heterocycles. The van der Waals surface area contributed by atoms with E-state index in [0.29, 0.717) is 37.8 Å². The third-order valence-corrected chi connectivity index (χ3v) is 6.86. The summed E-state index contributed by atoms with van der Waals surface area (Å²) in [5, 5.41) is 5.92. The lowest BCUT2D eigenvalue weighted by molar-refractivity contribution is -0.143. The number of halogens is 6. The quantitative estimate of drug-likeness (QED) is 0.456. The average Bonchev–Trinajstić information content (AvgIpc) is 2.83. The number of nitrogens with zero attached hydrogens (tertiary/aromatic N) is 1. The van der Waals surface area contributed by atoms with Gasteiger partial charge in [-0.25, -0.2) is 0 Å². The molecule has 11 heteroatoms. The fourth-order valence-corrected chi connectivity index (χ4v) is 4.78. The highest BCUT2D eigenvalue weighted by Gasteiger charge is 2.41. The van der Waals surface area contributed by atoms with Gasteiger partial charge in [-0.15, -0.1) is 0 Å². The van der Waals surface area contributed by atoms with E-state index in [1.54, 1.807) is 37.2 Å². The molecule has 1 atom stereocenters. The first kappa shape index (κ1) is 29.5. The molecule has 1 saturated carbocycles. The maximum absolute atomic E-state index is 13.4. The highest BCUT2D eigenvalue weighted by atomic mass is 19.4. The summed E-state index contributed by atoms with van der Waals surface area (Å²) in [4.78, 5) is 27.3. The molecule has 0 radical (unpaired) electrons. The number of amides is 2. The molecule has 5 nitrogen and oxygen atoms in total. The Morgan fingerprint density at radius 1 is 0.947 bits per heavy atom. The van der Waals surface area contributed by atoms with E-state index in [9.17, 15) is 35.9 Å². The number of carbonyl (C=O) groups excluding carboxylic acids is 2. The predicted molar refractivity (Wildman–Crippen MR) is 130 cm³/mol. The molecule has 1 aliphatic rings. The first-order chi connectivity index (χ1) is 17.6. The summed E-state index contributed by atoms with van der Waals surface area (Å²) in [6.45, 7) is 1.52. The van der Waals surface area contributed by atoms with Gasteiger partial charge in [0.25, 0.3) is 0 Å². The highest BCUT2D eigenvalue weighted by Crippen LogP contribution is 2.40. The summed E-state index contributed by atoms with van der Waals surface area (Å²) in [5.41, 5.74) is -3.41. The number of rotatable bonds is 7. The van der Waals surface area contributed by atoms with Gasteiger partial charge in [-0.2, -0.15) is 26.3 Å². The van der Waals surface area contributed by atoms with Crippen molar-refractivity contribution in [1.29, 1.82) is 0 Å². The summed E-state index contributed by atoms with van der Waals surface area (Å²) in [7, 11) is 3.55. The minimum absolute atomic E-state index is 0.0471. The lowest BCUT2D eigenvalue weighted by Gasteiger charge is -2.42. The second-order valence-electron chi connectivity index (χ2n) is 10.1. The number of hydrogen-bond acceptors (Lipinski definition) is 3. The molecule has 0 heterocycles. The first-order valence-electron chi connectivity index (χ1n) is 12.2. The molecule has 208 valence electrons. The van der Waals surface area contributed by atoms with Crippen LogP contribution in [0.4, 0.5) is 26.3 Å². The smallest absolute Gasteiger partial charge is 0.352 e. The van der Waals surface area contributed by atoms with Crippen LogP contribution < -0.4 is 10.6 Å². The van der Waals surface area contributed by atoms with E-state index in [1.807, 2.05) is 12.1 Å². The van der Waals surface area contributed by atoms with Gasteiger partial charge in [-0.05, 0) is 76.0 Å². The largest absolute Gasteiger partial charge is 0.416 e. The van der Waals surface area contributed by atoms with E-state index >= 15 is 0 Å². The number of alkyl halides is 6.